The Hall–Kier alpha value is -1.84. The zero-order valence-electron chi connectivity index (χ0n) is 9.27. The van der Waals surface area contributed by atoms with E-state index in [-0.39, 0.29) is 5.78 Å². The molecule has 0 bridgehead atoms. The maximum Gasteiger partial charge on any atom is 0.293 e. The molecule has 0 spiro atoms. The Labute approximate surface area is 98.5 Å². The molecule has 1 fully saturated rings. The van der Waals surface area contributed by atoms with Gasteiger partial charge < -0.3 is 9.47 Å². The highest BCUT2D eigenvalue weighted by atomic mass is 16.5. The first-order valence-corrected chi connectivity index (χ1v) is 5.67. The van der Waals surface area contributed by atoms with E-state index in [1.807, 2.05) is 6.07 Å². The molecule has 0 atom stereocenters. The molecule has 2 aliphatic rings. The van der Waals surface area contributed by atoms with Crippen LogP contribution in [0.25, 0.3) is 0 Å². The summed E-state index contributed by atoms with van der Waals surface area (Å²) in [5, 5.41) is 0. The van der Waals surface area contributed by atoms with Crippen molar-refractivity contribution in [2.75, 3.05) is 6.61 Å². The second-order valence-electron chi connectivity index (χ2n) is 4.44. The minimum atomic E-state index is -0.492. The molecule has 1 aliphatic carbocycles. The quantitative estimate of drug-likeness (QED) is 0.746. The number of fused-ring (bicyclic) bond motifs is 1. The lowest BCUT2D eigenvalue weighted by atomic mass is 9.98. The SMILES string of the molecule is O=COC1(c2ccc3c(c2)C(=O)CCO3)CC1. The Morgan fingerprint density at radius 3 is 2.88 bits per heavy atom. The summed E-state index contributed by atoms with van der Waals surface area (Å²) in [6, 6.07) is 5.46. The molecule has 1 heterocycles. The van der Waals surface area contributed by atoms with Crippen molar-refractivity contribution in [1.82, 2.24) is 0 Å². The van der Waals surface area contributed by atoms with E-state index < -0.39 is 5.60 Å². The van der Waals surface area contributed by atoms with Crippen LogP contribution in [0.3, 0.4) is 0 Å². The van der Waals surface area contributed by atoms with E-state index in [0.29, 0.717) is 30.8 Å². The van der Waals surface area contributed by atoms with Crippen molar-refractivity contribution < 1.29 is 19.1 Å². The summed E-state index contributed by atoms with van der Waals surface area (Å²) in [6.07, 6.45) is 2.05. The summed E-state index contributed by atoms with van der Waals surface area (Å²) in [7, 11) is 0. The number of benzene rings is 1. The van der Waals surface area contributed by atoms with E-state index in [0.717, 1.165) is 18.4 Å². The van der Waals surface area contributed by atoms with E-state index in [1.54, 1.807) is 12.1 Å². The number of carbonyl (C=O) groups is 2. The third-order valence-corrected chi connectivity index (χ3v) is 3.37. The molecular formula is C13H12O4. The van der Waals surface area contributed by atoms with E-state index in [1.165, 1.54) is 0 Å². The van der Waals surface area contributed by atoms with Crippen LogP contribution in [0.1, 0.15) is 35.2 Å². The Balaban J connectivity index is 2.00. The van der Waals surface area contributed by atoms with Crippen molar-refractivity contribution in [3.05, 3.63) is 29.3 Å². The van der Waals surface area contributed by atoms with Crippen LogP contribution in [0.2, 0.25) is 0 Å². The van der Waals surface area contributed by atoms with Gasteiger partial charge in [0.05, 0.1) is 12.2 Å². The average Bonchev–Trinajstić information content (AvgIpc) is 3.11. The molecule has 88 valence electrons. The summed E-state index contributed by atoms with van der Waals surface area (Å²) < 4.78 is 10.5. The molecule has 0 amide bonds. The summed E-state index contributed by atoms with van der Waals surface area (Å²) in [6.45, 7) is 0.923. The average molecular weight is 232 g/mol. The Morgan fingerprint density at radius 1 is 1.35 bits per heavy atom. The van der Waals surface area contributed by atoms with Crippen LogP contribution in [0.5, 0.6) is 5.75 Å². The minimum absolute atomic E-state index is 0.0926. The van der Waals surface area contributed by atoms with Gasteiger partial charge in [-0.1, -0.05) is 6.07 Å². The molecule has 0 radical (unpaired) electrons. The molecule has 3 rings (SSSR count). The van der Waals surface area contributed by atoms with Gasteiger partial charge in [-0.3, -0.25) is 9.59 Å². The standard InChI is InChI=1S/C13H12O4/c14-8-17-13(4-5-13)9-1-2-12-10(7-9)11(15)3-6-16-12/h1-2,7-8H,3-6H2. The fourth-order valence-electron chi connectivity index (χ4n) is 2.23. The molecule has 0 aromatic heterocycles. The molecule has 4 nitrogen and oxygen atoms in total. The summed E-state index contributed by atoms with van der Waals surface area (Å²) >= 11 is 0. The van der Waals surface area contributed by atoms with Gasteiger partial charge in [0.15, 0.2) is 5.78 Å². The van der Waals surface area contributed by atoms with Gasteiger partial charge in [0.25, 0.3) is 6.47 Å². The number of hydrogen-bond acceptors (Lipinski definition) is 4. The van der Waals surface area contributed by atoms with E-state index in [9.17, 15) is 9.59 Å². The fraction of sp³-hybridized carbons (Fsp3) is 0.385. The van der Waals surface area contributed by atoms with Crippen molar-refractivity contribution in [3.63, 3.8) is 0 Å². The molecular weight excluding hydrogens is 220 g/mol. The van der Waals surface area contributed by atoms with Gasteiger partial charge in [-0.15, -0.1) is 0 Å². The molecule has 0 N–H and O–H groups in total. The van der Waals surface area contributed by atoms with Gasteiger partial charge in [-0.25, -0.2) is 0 Å². The third kappa shape index (κ3) is 1.60. The molecule has 1 saturated carbocycles. The van der Waals surface area contributed by atoms with Gasteiger partial charge in [0.2, 0.25) is 0 Å². The first-order chi connectivity index (χ1) is 8.25. The molecule has 1 aliphatic heterocycles. The molecule has 1 aromatic rings. The summed E-state index contributed by atoms with van der Waals surface area (Å²) in [4.78, 5) is 22.2. The van der Waals surface area contributed by atoms with Gasteiger partial charge >= 0.3 is 0 Å². The first kappa shape index (κ1) is 10.3. The van der Waals surface area contributed by atoms with Crippen molar-refractivity contribution in [1.29, 1.82) is 0 Å². The van der Waals surface area contributed by atoms with Gasteiger partial charge in [-0.2, -0.15) is 0 Å². The van der Waals surface area contributed by atoms with Crippen LogP contribution in [0, 0.1) is 0 Å². The zero-order valence-corrected chi connectivity index (χ0v) is 9.27. The number of ether oxygens (including phenoxy) is 2. The lowest BCUT2D eigenvalue weighted by molar-refractivity contribution is -0.136. The topological polar surface area (TPSA) is 52.6 Å². The van der Waals surface area contributed by atoms with Crippen LogP contribution in [-0.4, -0.2) is 18.9 Å². The highest BCUT2D eigenvalue weighted by Gasteiger charge is 2.47. The largest absolute Gasteiger partial charge is 0.492 e. The minimum Gasteiger partial charge on any atom is -0.492 e. The van der Waals surface area contributed by atoms with Crippen LogP contribution < -0.4 is 4.74 Å². The zero-order chi connectivity index (χ0) is 11.9. The Kier molecular flexibility index (Phi) is 2.18. The maximum absolute atomic E-state index is 11.8. The van der Waals surface area contributed by atoms with Crippen molar-refractivity contribution in [3.8, 4) is 5.75 Å². The van der Waals surface area contributed by atoms with Gasteiger partial charge in [0, 0.05) is 6.42 Å². The molecule has 1 aromatic carbocycles. The second-order valence-corrected chi connectivity index (χ2v) is 4.44. The number of carbonyl (C=O) groups excluding carboxylic acids is 2. The highest BCUT2D eigenvalue weighted by Crippen LogP contribution is 2.49. The van der Waals surface area contributed by atoms with E-state index >= 15 is 0 Å². The molecule has 0 saturated heterocycles. The highest BCUT2D eigenvalue weighted by molar-refractivity contribution is 5.99. The number of hydrogen-bond donors (Lipinski definition) is 0. The van der Waals surface area contributed by atoms with Gasteiger partial charge in [-0.05, 0) is 30.5 Å². The Bertz CT molecular complexity index is 488. The van der Waals surface area contributed by atoms with Crippen LogP contribution in [0.15, 0.2) is 18.2 Å². The summed E-state index contributed by atoms with van der Waals surface area (Å²) in [5.41, 5.74) is 1.01. The number of rotatable bonds is 3. The molecule has 17 heavy (non-hydrogen) atoms. The lowest BCUT2D eigenvalue weighted by Gasteiger charge is -2.19. The van der Waals surface area contributed by atoms with Crippen molar-refractivity contribution >= 4 is 12.3 Å². The second kappa shape index (κ2) is 3.58. The third-order valence-electron chi connectivity index (χ3n) is 3.37. The van der Waals surface area contributed by atoms with Crippen LogP contribution >= 0.6 is 0 Å². The smallest absolute Gasteiger partial charge is 0.293 e. The maximum atomic E-state index is 11.8. The first-order valence-electron chi connectivity index (χ1n) is 5.67. The predicted octanol–water partition coefficient (Wildman–Crippen LogP) is 1.81. The predicted molar refractivity (Wildman–Crippen MR) is 58.9 cm³/mol. The van der Waals surface area contributed by atoms with E-state index in [2.05, 4.69) is 0 Å². The Morgan fingerprint density at radius 2 is 2.18 bits per heavy atom. The van der Waals surface area contributed by atoms with E-state index in [4.69, 9.17) is 9.47 Å². The van der Waals surface area contributed by atoms with Crippen LogP contribution in [0.4, 0.5) is 0 Å². The van der Waals surface area contributed by atoms with Crippen LogP contribution in [-0.2, 0) is 15.1 Å². The summed E-state index contributed by atoms with van der Waals surface area (Å²) in [5.74, 6) is 0.724. The van der Waals surface area contributed by atoms with Gasteiger partial charge in [0.1, 0.15) is 11.4 Å². The molecule has 4 heteroatoms. The fourth-order valence-corrected chi connectivity index (χ4v) is 2.23. The monoisotopic (exact) mass is 232 g/mol. The molecule has 0 unspecified atom stereocenters. The number of Topliss-reactive ketones (excluding diaryl/α,β-unsaturated/α-hetero) is 1. The lowest BCUT2D eigenvalue weighted by Crippen LogP contribution is -2.17. The van der Waals surface area contributed by atoms with Crippen molar-refractivity contribution in [2.45, 2.75) is 24.9 Å². The number of ketones is 1. The normalized spacial score (nSPS) is 20.1. The van der Waals surface area contributed by atoms with Crippen molar-refractivity contribution in [2.24, 2.45) is 0 Å².